The Morgan fingerprint density at radius 1 is 1.12 bits per heavy atom. The predicted octanol–water partition coefficient (Wildman–Crippen LogP) is 3.05. The second kappa shape index (κ2) is 9.62. The van der Waals surface area contributed by atoms with Crippen molar-refractivity contribution in [2.24, 2.45) is 0 Å². The van der Waals surface area contributed by atoms with Gasteiger partial charge < -0.3 is 20.3 Å². The van der Waals surface area contributed by atoms with Gasteiger partial charge in [-0.1, -0.05) is 24.3 Å². The van der Waals surface area contributed by atoms with E-state index in [-0.39, 0.29) is 0 Å². The normalized spacial score (nSPS) is 19.2. The molecule has 2 aliphatic heterocycles. The lowest BCUT2D eigenvalue weighted by atomic mass is 9.95. The minimum Gasteiger partial charge on any atom is -0.466 e. The van der Waals surface area contributed by atoms with Gasteiger partial charge in [0, 0.05) is 44.1 Å². The van der Waals surface area contributed by atoms with Crippen LogP contribution in [0.5, 0.6) is 0 Å². The molecule has 0 spiro atoms. The Kier molecular flexibility index (Phi) is 6.65. The van der Waals surface area contributed by atoms with Gasteiger partial charge in [0.25, 0.3) is 0 Å². The van der Waals surface area contributed by atoms with E-state index >= 15 is 0 Å². The lowest BCUT2D eigenvalue weighted by molar-refractivity contribution is -0.136. The molecule has 1 atom stereocenters. The van der Waals surface area contributed by atoms with Crippen molar-refractivity contribution >= 4 is 17.7 Å². The number of aryl methyl sites for hydroxylation is 1. The number of methoxy groups -OCH3 is 1. The first-order chi connectivity index (χ1) is 15.9. The number of piperazine rings is 1. The lowest BCUT2D eigenvalue weighted by Gasteiger charge is -2.38. The number of anilines is 1. The number of rotatable bonds is 5. The first-order valence-corrected chi connectivity index (χ1v) is 11.0. The molecule has 7 nitrogen and oxygen atoms in total. The van der Waals surface area contributed by atoms with Crippen LogP contribution in [0, 0.1) is 19.7 Å². The first-order valence-electron chi connectivity index (χ1n) is 11.0. The minimum absolute atomic E-state index is 0.291. The van der Waals surface area contributed by atoms with Gasteiger partial charge in [0.15, 0.2) is 0 Å². The fourth-order valence-corrected chi connectivity index (χ4v) is 4.48. The van der Waals surface area contributed by atoms with Crippen LogP contribution in [0.25, 0.3) is 0 Å². The van der Waals surface area contributed by atoms with Gasteiger partial charge in [0.2, 0.25) is 0 Å². The maximum atomic E-state index is 13.9. The van der Waals surface area contributed by atoms with Crippen molar-refractivity contribution in [1.29, 1.82) is 0 Å². The van der Waals surface area contributed by atoms with Crippen molar-refractivity contribution in [1.82, 2.24) is 15.5 Å². The zero-order valence-electron chi connectivity index (χ0n) is 19.2. The Bertz CT molecular complexity index is 1090. The third-order valence-corrected chi connectivity index (χ3v) is 6.41. The summed E-state index contributed by atoms with van der Waals surface area (Å²) in [6, 6.07) is 11.0. The van der Waals surface area contributed by atoms with Crippen LogP contribution in [0.4, 0.5) is 14.9 Å². The maximum Gasteiger partial charge on any atom is 0.338 e. The maximum absolute atomic E-state index is 13.9. The average molecular weight is 453 g/mol. The van der Waals surface area contributed by atoms with E-state index < -0.39 is 23.9 Å². The van der Waals surface area contributed by atoms with Crippen LogP contribution in [0.2, 0.25) is 0 Å². The van der Waals surface area contributed by atoms with Crippen molar-refractivity contribution in [2.75, 3.05) is 44.7 Å². The molecule has 2 amide bonds. The molecular weight excluding hydrogens is 423 g/mol. The Hall–Kier alpha value is -3.39. The molecule has 2 N–H and O–H groups in total. The molecule has 8 heteroatoms. The first kappa shape index (κ1) is 22.8. The van der Waals surface area contributed by atoms with Gasteiger partial charge in [-0.3, -0.25) is 4.90 Å². The molecular formula is C25H29FN4O3. The summed E-state index contributed by atoms with van der Waals surface area (Å²) in [5, 5.41) is 5.51. The molecule has 0 bridgehead atoms. The van der Waals surface area contributed by atoms with E-state index in [9.17, 15) is 14.0 Å². The summed E-state index contributed by atoms with van der Waals surface area (Å²) in [6.45, 7) is 7.88. The van der Waals surface area contributed by atoms with Gasteiger partial charge in [-0.2, -0.15) is 0 Å². The van der Waals surface area contributed by atoms with E-state index in [0.29, 0.717) is 23.4 Å². The number of nitrogens with one attached hydrogen (secondary N) is 2. The standard InChI is InChI=1S/C25H29FN4O3/c1-16-6-4-9-21(17(16)2)30-12-10-29(11-13-30)15-20-22(24(31)33-3)23(28-25(32)27-20)18-7-5-8-19(26)14-18/h4-9,14,23H,10-13,15H2,1-3H3,(H2,27,28,32)/t23-/m1/s1. The summed E-state index contributed by atoms with van der Waals surface area (Å²) >= 11 is 0. The molecule has 174 valence electrons. The lowest BCUT2D eigenvalue weighted by Crippen LogP contribution is -2.51. The zero-order valence-corrected chi connectivity index (χ0v) is 19.2. The van der Waals surface area contributed by atoms with Crippen LogP contribution < -0.4 is 15.5 Å². The quantitative estimate of drug-likeness (QED) is 0.683. The smallest absolute Gasteiger partial charge is 0.338 e. The fraction of sp³-hybridized carbons (Fsp3) is 0.360. The summed E-state index contributed by atoms with van der Waals surface area (Å²) in [6.07, 6.45) is 0. The molecule has 0 saturated carbocycles. The highest BCUT2D eigenvalue weighted by molar-refractivity contribution is 5.95. The van der Waals surface area contributed by atoms with Crippen molar-refractivity contribution in [3.63, 3.8) is 0 Å². The molecule has 1 fully saturated rings. The molecule has 1 saturated heterocycles. The van der Waals surface area contributed by atoms with Crippen LogP contribution in [0.1, 0.15) is 22.7 Å². The summed E-state index contributed by atoms with van der Waals surface area (Å²) in [5.41, 5.74) is 5.06. The van der Waals surface area contributed by atoms with Gasteiger partial charge in [0.05, 0.1) is 18.7 Å². The second-order valence-corrected chi connectivity index (χ2v) is 8.45. The van der Waals surface area contributed by atoms with Gasteiger partial charge >= 0.3 is 12.0 Å². The monoisotopic (exact) mass is 452 g/mol. The highest BCUT2D eigenvalue weighted by Gasteiger charge is 2.34. The Morgan fingerprint density at radius 3 is 2.55 bits per heavy atom. The number of carbonyl (C=O) groups is 2. The SMILES string of the molecule is COC(=O)C1=C(CN2CCN(c3cccc(C)c3C)CC2)NC(=O)N[C@@H]1c1cccc(F)c1. The molecule has 0 unspecified atom stereocenters. The highest BCUT2D eigenvalue weighted by atomic mass is 19.1. The Morgan fingerprint density at radius 2 is 1.85 bits per heavy atom. The number of benzene rings is 2. The van der Waals surface area contributed by atoms with E-state index in [2.05, 4.69) is 52.5 Å². The van der Waals surface area contributed by atoms with Gasteiger partial charge in [-0.05, 0) is 48.7 Å². The van der Waals surface area contributed by atoms with E-state index in [4.69, 9.17) is 4.74 Å². The summed E-state index contributed by atoms with van der Waals surface area (Å²) in [5.74, 6) is -0.991. The molecule has 2 heterocycles. The molecule has 0 radical (unpaired) electrons. The van der Waals surface area contributed by atoms with Crippen LogP contribution >= 0.6 is 0 Å². The molecule has 4 rings (SSSR count). The molecule has 2 aromatic carbocycles. The summed E-state index contributed by atoms with van der Waals surface area (Å²) in [7, 11) is 1.30. The fourth-order valence-electron chi connectivity index (χ4n) is 4.48. The minimum atomic E-state index is -0.784. The van der Waals surface area contributed by atoms with Crippen molar-refractivity contribution in [3.05, 3.63) is 76.2 Å². The number of nitrogens with zero attached hydrogens (tertiary/aromatic N) is 2. The number of ether oxygens (including phenoxy) is 1. The topological polar surface area (TPSA) is 73.9 Å². The highest BCUT2D eigenvalue weighted by Crippen LogP contribution is 2.29. The Balaban J connectivity index is 1.55. The number of carbonyl (C=O) groups excluding carboxylic acids is 2. The molecule has 2 aliphatic rings. The number of urea groups is 1. The van der Waals surface area contributed by atoms with E-state index in [0.717, 1.165) is 26.2 Å². The molecule has 33 heavy (non-hydrogen) atoms. The van der Waals surface area contributed by atoms with E-state index in [1.54, 1.807) is 12.1 Å². The molecule has 0 aromatic heterocycles. The molecule has 0 aliphatic carbocycles. The van der Waals surface area contributed by atoms with Crippen molar-refractivity contribution in [2.45, 2.75) is 19.9 Å². The largest absolute Gasteiger partial charge is 0.466 e. The van der Waals surface area contributed by atoms with Gasteiger partial charge in [-0.25, -0.2) is 14.0 Å². The number of hydrogen-bond acceptors (Lipinski definition) is 5. The number of esters is 1. The summed E-state index contributed by atoms with van der Waals surface area (Å²) < 4.78 is 18.9. The van der Waals surface area contributed by atoms with Crippen LogP contribution in [-0.4, -0.2) is 56.7 Å². The summed E-state index contributed by atoms with van der Waals surface area (Å²) in [4.78, 5) is 29.7. The molecule has 2 aromatic rings. The van der Waals surface area contributed by atoms with E-state index in [1.165, 1.54) is 36.1 Å². The van der Waals surface area contributed by atoms with Gasteiger partial charge in [-0.15, -0.1) is 0 Å². The number of halogens is 1. The van der Waals surface area contributed by atoms with Crippen LogP contribution in [-0.2, 0) is 9.53 Å². The second-order valence-electron chi connectivity index (χ2n) is 8.45. The third-order valence-electron chi connectivity index (χ3n) is 6.41. The van der Waals surface area contributed by atoms with E-state index in [1.807, 2.05) is 0 Å². The van der Waals surface area contributed by atoms with Crippen LogP contribution in [0.3, 0.4) is 0 Å². The van der Waals surface area contributed by atoms with Crippen molar-refractivity contribution in [3.8, 4) is 0 Å². The van der Waals surface area contributed by atoms with Crippen LogP contribution in [0.15, 0.2) is 53.7 Å². The predicted molar refractivity (Wildman–Crippen MR) is 124 cm³/mol. The number of amides is 2. The number of hydrogen-bond donors (Lipinski definition) is 2. The van der Waals surface area contributed by atoms with Crippen molar-refractivity contribution < 1.29 is 18.7 Å². The Labute approximate surface area is 193 Å². The average Bonchev–Trinajstić information content (AvgIpc) is 2.81. The third kappa shape index (κ3) is 4.85. The van der Waals surface area contributed by atoms with Gasteiger partial charge in [0.1, 0.15) is 5.82 Å². The zero-order chi connectivity index (χ0) is 23.5.